The van der Waals surface area contributed by atoms with Crippen molar-refractivity contribution in [2.75, 3.05) is 38.2 Å². The molecule has 0 bridgehead atoms. The normalized spacial score (nSPS) is 18.4. The van der Waals surface area contributed by atoms with E-state index in [0.29, 0.717) is 6.61 Å². The summed E-state index contributed by atoms with van der Waals surface area (Å²) in [5.41, 5.74) is 3.62. The molecule has 6 heteroatoms. The molecule has 1 amide bonds. The maximum atomic E-state index is 13.0. The van der Waals surface area contributed by atoms with Crippen LogP contribution in [0.3, 0.4) is 0 Å². The number of benzene rings is 2. The Balaban J connectivity index is 1.20. The van der Waals surface area contributed by atoms with E-state index in [1.54, 1.807) is 12.4 Å². The van der Waals surface area contributed by atoms with Crippen LogP contribution in [0.2, 0.25) is 0 Å². The molecular formula is C23H24N4O2. The fourth-order valence-electron chi connectivity index (χ4n) is 4.68. The molecule has 3 aromatic rings. The van der Waals surface area contributed by atoms with Crippen molar-refractivity contribution in [3.63, 3.8) is 0 Å². The Bertz CT molecular complexity index is 1060. The van der Waals surface area contributed by atoms with Gasteiger partial charge in [-0.1, -0.05) is 18.2 Å². The zero-order chi connectivity index (χ0) is 19.8. The zero-order valence-electron chi connectivity index (χ0n) is 16.5. The molecule has 0 saturated carbocycles. The van der Waals surface area contributed by atoms with Crippen LogP contribution in [-0.2, 0) is 10.2 Å². The number of likely N-dealkylation sites (tertiary alicyclic amines) is 1. The van der Waals surface area contributed by atoms with Crippen LogP contribution < -0.4 is 9.64 Å². The first kappa shape index (κ1) is 18.1. The molecule has 0 aliphatic carbocycles. The van der Waals surface area contributed by atoms with Crippen LogP contribution in [0, 0.1) is 0 Å². The van der Waals surface area contributed by atoms with Gasteiger partial charge < -0.3 is 9.64 Å². The minimum absolute atomic E-state index is 0.242. The number of piperidine rings is 1. The lowest BCUT2D eigenvalue weighted by Crippen LogP contribution is -2.48. The van der Waals surface area contributed by atoms with Gasteiger partial charge in [-0.2, -0.15) is 0 Å². The maximum Gasteiger partial charge on any atom is 0.237 e. The average molecular weight is 388 g/mol. The van der Waals surface area contributed by atoms with Crippen LogP contribution >= 0.6 is 0 Å². The highest BCUT2D eigenvalue weighted by Gasteiger charge is 2.50. The Morgan fingerprint density at radius 2 is 1.79 bits per heavy atom. The molecule has 1 aromatic heterocycles. The van der Waals surface area contributed by atoms with Crippen molar-refractivity contribution < 1.29 is 9.53 Å². The summed E-state index contributed by atoms with van der Waals surface area (Å²) in [7, 11) is 1.89. The molecule has 0 unspecified atom stereocenters. The number of hydrogen-bond acceptors (Lipinski definition) is 5. The molecule has 3 heterocycles. The Morgan fingerprint density at radius 1 is 1.03 bits per heavy atom. The molecule has 0 atom stereocenters. The standard InChI is InChI=1S/C23H24N4O2/c1-26-21-5-3-2-4-18(21)23(22(26)28)8-12-27(13-9-23)14-15-29-17-6-7-19-20(16-17)25-11-10-24-19/h2-7,10-11,16H,8-9,12-15H2,1H3. The second-order valence-electron chi connectivity index (χ2n) is 7.86. The summed E-state index contributed by atoms with van der Waals surface area (Å²) in [4.78, 5) is 25.8. The highest BCUT2D eigenvalue weighted by molar-refractivity contribution is 6.07. The summed E-state index contributed by atoms with van der Waals surface area (Å²) in [5, 5.41) is 0. The van der Waals surface area contributed by atoms with Crippen LogP contribution in [0.5, 0.6) is 5.75 Å². The van der Waals surface area contributed by atoms with Gasteiger partial charge in [-0.05, 0) is 49.7 Å². The fourth-order valence-corrected chi connectivity index (χ4v) is 4.68. The maximum absolute atomic E-state index is 13.0. The molecule has 1 saturated heterocycles. The van der Waals surface area contributed by atoms with E-state index < -0.39 is 0 Å². The van der Waals surface area contributed by atoms with Crippen LogP contribution in [0.4, 0.5) is 5.69 Å². The predicted octanol–water partition coefficient (Wildman–Crippen LogP) is 3.02. The van der Waals surface area contributed by atoms with Gasteiger partial charge in [0.2, 0.25) is 5.91 Å². The second kappa shape index (κ2) is 7.12. The molecule has 0 radical (unpaired) electrons. The number of para-hydroxylation sites is 1. The van der Waals surface area contributed by atoms with E-state index in [1.165, 1.54) is 5.56 Å². The monoisotopic (exact) mass is 388 g/mol. The Labute approximate surface area is 170 Å². The van der Waals surface area contributed by atoms with Crippen molar-refractivity contribution in [1.29, 1.82) is 0 Å². The van der Waals surface area contributed by atoms with E-state index in [9.17, 15) is 4.79 Å². The van der Waals surface area contributed by atoms with Crippen molar-refractivity contribution in [3.8, 4) is 5.75 Å². The summed E-state index contributed by atoms with van der Waals surface area (Å²) >= 11 is 0. The lowest BCUT2D eigenvalue weighted by Gasteiger charge is -2.38. The molecule has 1 fully saturated rings. The second-order valence-corrected chi connectivity index (χ2v) is 7.86. The third-order valence-electron chi connectivity index (χ3n) is 6.32. The summed E-state index contributed by atoms with van der Waals surface area (Å²) in [5.74, 6) is 1.06. The van der Waals surface area contributed by atoms with Gasteiger partial charge in [0.15, 0.2) is 0 Å². The minimum Gasteiger partial charge on any atom is -0.492 e. The Hall–Kier alpha value is -2.99. The number of carbonyl (C=O) groups excluding carboxylic acids is 1. The lowest BCUT2D eigenvalue weighted by atomic mass is 9.73. The number of aromatic nitrogens is 2. The number of rotatable bonds is 4. The Kier molecular flexibility index (Phi) is 4.43. The van der Waals surface area contributed by atoms with Crippen molar-refractivity contribution in [2.45, 2.75) is 18.3 Å². The Morgan fingerprint density at radius 3 is 2.62 bits per heavy atom. The van der Waals surface area contributed by atoms with E-state index in [4.69, 9.17) is 4.74 Å². The smallest absolute Gasteiger partial charge is 0.237 e. The summed E-state index contributed by atoms with van der Waals surface area (Å²) < 4.78 is 5.94. The van der Waals surface area contributed by atoms with E-state index in [1.807, 2.05) is 42.3 Å². The molecular weight excluding hydrogens is 364 g/mol. The molecule has 2 aliphatic rings. The third-order valence-corrected chi connectivity index (χ3v) is 6.32. The zero-order valence-corrected chi connectivity index (χ0v) is 16.5. The van der Waals surface area contributed by atoms with Crippen molar-refractivity contribution in [2.24, 2.45) is 0 Å². The van der Waals surface area contributed by atoms with E-state index in [2.05, 4.69) is 27.0 Å². The molecule has 5 rings (SSSR count). The van der Waals surface area contributed by atoms with Gasteiger partial charge in [0.25, 0.3) is 0 Å². The molecule has 2 aromatic carbocycles. The van der Waals surface area contributed by atoms with Crippen molar-refractivity contribution in [1.82, 2.24) is 14.9 Å². The predicted molar refractivity (Wildman–Crippen MR) is 112 cm³/mol. The van der Waals surface area contributed by atoms with Crippen molar-refractivity contribution >= 4 is 22.6 Å². The minimum atomic E-state index is -0.348. The average Bonchev–Trinajstić information content (AvgIpc) is 2.97. The number of amides is 1. The first-order chi connectivity index (χ1) is 14.2. The van der Waals surface area contributed by atoms with Crippen molar-refractivity contribution in [3.05, 3.63) is 60.4 Å². The highest BCUT2D eigenvalue weighted by atomic mass is 16.5. The quantitative estimate of drug-likeness (QED) is 0.688. The van der Waals surface area contributed by atoms with Crippen LogP contribution in [0.1, 0.15) is 18.4 Å². The summed E-state index contributed by atoms with van der Waals surface area (Å²) in [6, 6.07) is 14.0. The molecule has 148 valence electrons. The number of fused-ring (bicyclic) bond motifs is 3. The third kappa shape index (κ3) is 3.04. The van der Waals surface area contributed by atoms with Crippen LogP contribution in [0.15, 0.2) is 54.9 Å². The first-order valence-electron chi connectivity index (χ1n) is 10.1. The number of nitrogens with zero attached hydrogens (tertiary/aromatic N) is 4. The van der Waals surface area contributed by atoms with Gasteiger partial charge >= 0.3 is 0 Å². The topological polar surface area (TPSA) is 58.6 Å². The molecule has 2 aliphatic heterocycles. The van der Waals surface area contributed by atoms with Gasteiger partial charge in [-0.15, -0.1) is 0 Å². The van der Waals surface area contributed by atoms with Crippen LogP contribution in [-0.4, -0.2) is 54.1 Å². The SMILES string of the molecule is CN1C(=O)C2(CCN(CCOc3ccc4nccnc4c3)CC2)c2ccccc21. The van der Waals surface area contributed by atoms with Gasteiger partial charge in [0, 0.05) is 37.7 Å². The van der Waals surface area contributed by atoms with E-state index in [-0.39, 0.29) is 11.3 Å². The number of carbonyl (C=O) groups is 1. The van der Waals surface area contributed by atoms with Gasteiger partial charge in [0.05, 0.1) is 16.4 Å². The fraction of sp³-hybridized carbons (Fsp3) is 0.348. The molecule has 1 spiro atoms. The van der Waals surface area contributed by atoms with Gasteiger partial charge in [-0.25, -0.2) is 0 Å². The summed E-state index contributed by atoms with van der Waals surface area (Å²) in [6.07, 6.45) is 5.10. The summed E-state index contributed by atoms with van der Waals surface area (Å²) in [6.45, 7) is 3.27. The molecule has 29 heavy (non-hydrogen) atoms. The van der Waals surface area contributed by atoms with Gasteiger partial charge in [-0.3, -0.25) is 19.7 Å². The highest BCUT2D eigenvalue weighted by Crippen LogP contribution is 2.47. The van der Waals surface area contributed by atoms with E-state index >= 15 is 0 Å². The van der Waals surface area contributed by atoms with Crippen LogP contribution in [0.25, 0.3) is 11.0 Å². The number of ether oxygens (including phenoxy) is 1. The number of hydrogen-bond donors (Lipinski definition) is 0. The first-order valence-corrected chi connectivity index (χ1v) is 10.1. The van der Waals surface area contributed by atoms with Gasteiger partial charge in [0.1, 0.15) is 12.4 Å². The molecule has 6 nitrogen and oxygen atoms in total. The van der Waals surface area contributed by atoms with E-state index in [0.717, 1.165) is 54.9 Å². The molecule has 0 N–H and O–H groups in total. The lowest BCUT2D eigenvalue weighted by molar-refractivity contribution is -0.124. The largest absolute Gasteiger partial charge is 0.492 e. The number of anilines is 1. The number of likely N-dealkylation sites (N-methyl/N-ethyl adjacent to an activating group) is 1.